The van der Waals surface area contributed by atoms with E-state index in [9.17, 15) is 4.79 Å². The number of amides is 1. The van der Waals surface area contributed by atoms with Crippen molar-refractivity contribution in [1.82, 2.24) is 0 Å². The molecule has 0 atom stereocenters. The second-order valence-corrected chi connectivity index (χ2v) is 4.20. The molecule has 20 heavy (non-hydrogen) atoms. The van der Waals surface area contributed by atoms with E-state index in [1.54, 1.807) is 6.08 Å². The van der Waals surface area contributed by atoms with E-state index in [0.717, 1.165) is 16.7 Å². The van der Waals surface area contributed by atoms with Crippen molar-refractivity contribution >= 4 is 17.9 Å². The fourth-order valence-corrected chi connectivity index (χ4v) is 1.75. The van der Waals surface area contributed by atoms with Crippen molar-refractivity contribution < 1.29 is 4.79 Å². The number of rotatable bonds is 3. The molecule has 0 fully saturated rings. The predicted molar refractivity (Wildman–Crippen MR) is 81.7 cm³/mol. The van der Waals surface area contributed by atoms with Crippen LogP contribution in [0.5, 0.6) is 0 Å². The molecule has 4 nitrogen and oxygen atoms in total. The first kappa shape index (κ1) is 13.5. The van der Waals surface area contributed by atoms with Crippen molar-refractivity contribution in [1.29, 1.82) is 0 Å². The Hall–Kier alpha value is -2.88. The third-order valence-corrected chi connectivity index (χ3v) is 2.68. The molecule has 0 aliphatic carbocycles. The summed E-state index contributed by atoms with van der Waals surface area (Å²) in [5.41, 5.74) is 13.4. The minimum atomic E-state index is -0.475. The number of nitrogens with two attached hydrogens (primary N) is 2. The third kappa shape index (κ3) is 3.81. The number of hydrogen-bond acceptors (Lipinski definition) is 1. The Morgan fingerprint density at radius 2 is 1.50 bits per heavy atom. The van der Waals surface area contributed by atoms with Gasteiger partial charge in [0.25, 0.3) is 5.91 Å². The van der Waals surface area contributed by atoms with Gasteiger partial charge in [-0.3, -0.25) is 4.79 Å². The molecule has 2 aromatic rings. The molecule has 0 bridgehead atoms. The van der Waals surface area contributed by atoms with Gasteiger partial charge in [-0.2, -0.15) is 4.99 Å². The van der Waals surface area contributed by atoms with Gasteiger partial charge in [0.15, 0.2) is 5.96 Å². The van der Waals surface area contributed by atoms with E-state index in [1.165, 1.54) is 6.08 Å². The molecule has 4 N–H and O–H groups in total. The van der Waals surface area contributed by atoms with Crippen LogP contribution in [0.1, 0.15) is 5.56 Å². The van der Waals surface area contributed by atoms with Gasteiger partial charge >= 0.3 is 0 Å². The lowest BCUT2D eigenvalue weighted by Gasteiger charge is -2.01. The molecule has 2 rings (SSSR count). The Morgan fingerprint density at radius 3 is 2.10 bits per heavy atom. The van der Waals surface area contributed by atoms with Crippen LogP contribution in [0.4, 0.5) is 0 Å². The molecule has 0 heterocycles. The monoisotopic (exact) mass is 265 g/mol. The lowest BCUT2D eigenvalue weighted by molar-refractivity contribution is -0.113. The van der Waals surface area contributed by atoms with Crippen molar-refractivity contribution in [2.24, 2.45) is 16.5 Å². The molecule has 0 spiro atoms. The van der Waals surface area contributed by atoms with Gasteiger partial charge in [-0.05, 0) is 22.8 Å². The summed E-state index contributed by atoms with van der Waals surface area (Å²) in [7, 11) is 0. The quantitative estimate of drug-likeness (QED) is 0.507. The van der Waals surface area contributed by atoms with Crippen LogP contribution in [0.3, 0.4) is 0 Å². The molecule has 0 saturated carbocycles. The minimum Gasteiger partial charge on any atom is -0.370 e. The van der Waals surface area contributed by atoms with Gasteiger partial charge in [-0.1, -0.05) is 54.6 Å². The van der Waals surface area contributed by atoms with E-state index in [4.69, 9.17) is 11.5 Å². The number of hydrogen-bond donors (Lipinski definition) is 2. The Balaban J connectivity index is 2.11. The van der Waals surface area contributed by atoms with E-state index >= 15 is 0 Å². The molecule has 0 aliphatic rings. The summed E-state index contributed by atoms with van der Waals surface area (Å²) in [5, 5.41) is 0. The van der Waals surface area contributed by atoms with Crippen LogP contribution in [0.15, 0.2) is 65.7 Å². The summed E-state index contributed by atoms with van der Waals surface area (Å²) in [6.45, 7) is 0. The zero-order chi connectivity index (χ0) is 14.4. The maximum Gasteiger partial charge on any atom is 0.272 e. The number of carbonyl (C=O) groups excluding carboxylic acids is 1. The Kier molecular flexibility index (Phi) is 4.29. The zero-order valence-electron chi connectivity index (χ0n) is 10.9. The summed E-state index contributed by atoms with van der Waals surface area (Å²) in [6.07, 6.45) is 3.00. The first-order valence-corrected chi connectivity index (χ1v) is 6.12. The molecular weight excluding hydrogens is 250 g/mol. The van der Waals surface area contributed by atoms with Crippen LogP contribution in [0, 0.1) is 0 Å². The second-order valence-electron chi connectivity index (χ2n) is 4.20. The fourth-order valence-electron chi connectivity index (χ4n) is 1.75. The second kappa shape index (κ2) is 6.33. The maximum atomic E-state index is 11.3. The Bertz CT molecular complexity index is 639. The van der Waals surface area contributed by atoms with Crippen LogP contribution in [0.2, 0.25) is 0 Å². The molecule has 4 heteroatoms. The first-order valence-electron chi connectivity index (χ1n) is 6.12. The lowest BCUT2D eigenvalue weighted by Crippen LogP contribution is -2.23. The van der Waals surface area contributed by atoms with Crippen molar-refractivity contribution in [2.75, 3.05) is 0 Å². The highest BCUT2D eigenvalue weighted by Gasteiger charge is 1.96. The number of nitrogens with zero attached hydrogens (tertiary/aromatic N) is 1. The smallest absolute Gasteiger partial charge is 0.272 e. The lowest BCUT2D eigenvalue weighted by atomic mass is 10.0. The van der Waals surface area contributed by atoms with Gasteiger partial charge in [-0.25, -0.2) is 0 Å². The Morgan fingerprint density at radius 1 is 0.900 bits per heavy atom. The number of benzene rings is 2. The van der Waals surface area contributed by atoms with Gasteiger partial charge in [0.1, 0.15) is 0 Å². The van der Waals surface area contributed by atoms with Gasteiger partial charge in [0.05, 0.1) is 0 Å². The van der Waals surface area contributed by atoms with Gasteiger partial charge < -0.3 is 11.5 Å². The molecule has 2 aromatic carbocycles. The summed E-state index contributed by atoms with van der Waals surface area (Å²) in [4.78, 5) is 14.7. The van der Waals surface area contributed by atoms with E-state index in [0.29, 0.717) is 0 Å². The van der Waals surface area contributed by atoms with Crippen LogP contribution in [0.25, 0.3) is 17.2 Å². The molecule has 0 aromatic heterocycles. The molecule has 0 radical (unpaired) electrons. The van der Waals surface area contributed by atoms with Crippen LogP contribution >= 0.6 is 0 Å². The number of guanidine groups is 1. The van der Waals surface area contributed by atoms with Crippen LogP contribution < -0.4 is 11.5 Å². The maximum absolute atomic E-state index is 11.3. The van der Waals surface area contributed by atoms with Gasteiger partial charge in [0, 0.05) is 6.08 Å². The summed E-state index contributed by atoms with van der Waals surface area (Å²) < 4.78 is 0. The van der Waals surface area contributed by atoms with Gasteiger partial charge in [-0.15, -0.1) is 0 Å². The third-order valence-electron chi connectivity index (χ3n) is 2.68. The SMILES string of the molecule is NC(N)=NC(=O)/C=C/c1ccc(-c2ccccc2)cc1. The van der Waals surface area contributed by atoms with Crippen molar-refractivity contribution in [3.8, 4) is 11.1 Å². The van der Waals surface area contributed by atoms with Crippen LogP contribution in [-0.4, -0.2) is 11.9 Å². The fraction of sp³-hybridized carbons (Fsp3) is 0. The molecule has 100 valence electrons. The topological polar surface area (TPSA) is 81.5 Å². The minimum absolute atomic E-state index is 0.237. The van der Waals surface area contributed by atoms with E-state index in [-0.39, 0.29) is 5.96 Å². The van der Waals surface area contributed by atoms with Gasteiger partial charge in [0.2, 0.25) is 0 Å². The summed E-state index contributed by atoms with van der Waals surface area (Å²) >= 11 is 0. The normalized spacial score (nSPS) is 10.4. The first-order chi connectivity index (χ1) is 9.65. The standard InChI is InChI=1S/C16H15N3O/c17-16(18)19-15(20)11-8-12-6-9-14(10-7-12)13-4-2-1-3-5-13/h1-11H,(H4,17,18,19,20)/b11-8+. The average Bonchev–Trinajstić information content (AvgIpc) is 2.46. The largest absolute Gasteiger partial charge is 0.370 e. The molecular formula is C16H15N3O. The molecule has 0 unspecified atom stereocenters. The van der Waals surface area contributed by atoms with Crippen molar-refractivity contribution in [2.45, 2.75) is 0 Å². The number of aliphatic imine (C=N–C) groups is 1. The summed E-state index contributed by atoms with van der Waals surface area (Å²) in [5.74, 6) is -0.712. The van der Waals surface area contributed by atoms with E-state index in [2.05, 4.69) is 4.99 Å². The van der Waals surface area contributed by atoms with E-state index in [1.807, 2.05) is 54.6 Å². The molecule has 0 saturated heterocycles. The predicted octanol–water partition coefficient (Wildman–Crippen LogP) is 2.17. The highest BCUT2D eigenvalue weighted by atomic mass is 16.1. The van der Waals surface area contributed by atoms with Crippen LogP contribution in [-0.2, 0) is 4.79 Å². The van der Waals surface area contributed by atoms with E-state index < -0.39 is 5.91 Å². The summed E-state index contributed by atoms with van der Waals surface area (Å²) in [6, 6.07) is 17.9. The van der Waals surface area contributed by atoms with Crippen molar-refractivity contribution in [3.05, 3.63) is 66.2 Å². The van der Waals surface area contributed by atoms with Crippen molar-refractivity contribution in [3.63, 3.8) is 0 Å². The molecule has 0 aliphatic heterocycles. The highest BCUT2D eigenvalue weighted by molar-refractivity contribution is 5.99. The highest BCUT2D eigenvalue weighted by Crippen LogP contribution is 2.19. The average molecular weight is 265 g/mol. The zero-order valence-corrected chi connectivity index (χ0v) is 10.9. The Labute approximate surface area is 117 Å². The number of carbonyl (C=O) groups is 1. The molecule has 1 amide bonds.